The van der Waals surface area contributed by atoms with E-state index >= 15 is 0 Å². The zero-order valence-electron chi connectivity index (χ0n) is 9.35. The van der Waals surface area contributed by atoms with Crippen molar-refractivity contribution >= 4 is 15.9 Å². The van der Waals surface area contributed by atoms with Gasteiger partial charge >= 0.3 is 0 Å². The summed E-state index contributed by atoms with van der Waals surface area (Å²) in [7, 11) is 1.67. The smallest absolute Gasteiger partial charge is 0.0722 e. The number of hydrogen-bond acceptors (Lipinski definition) is 3. The van der Waals surface area contributed by atoms with Gasteiger partial charge in [-0.2, -0.15) is 0 Å². The quantitative estimate of drug-likeness (QED) is 0.474. The van der Waals surface area contributed by atoms with Gasteiger partial charge < -0.3 is 14.2 Å². The molecule has 0 aromatic heterocycles. The summed E-state index contributed by atoms with van der Waals surface area (Å²) in [6.07, 6.45) is 0.931. The highest BCUT2D eigenvalue weighted by atomic mass is 79.9. The summed E-state index contributed by atoms with van der Waals surface area (Å²) in [4.78, 5) is 0. The van der Waals surface area contributed by atoms with E-state index in [0.29, 0.717) is 13.2 Å². The first-order chi connectivity index (χ1) is 6.62. The van der Waals surface area contributed by atoms with Crippen molar-refractivity contribution in [2.24, 2.45) is 0 Å². The molecule has 0 atom stereocenters. The van der Waals surface area contributed by atoms with Gasteiger partial charge in [0, 0.05) is 25.7 Å². The molecule has 0 aliphatic carbocycles. The summed E-state index contributed by atoms with van der Waals surface area (Å²) in [6.45, 7) is 6.93. The minimum Gasteiger partial charge on any atom is -0.382 e. The van der Waals surface area contributed by atoms with E-state index in [4.69, 9.17) is 14.2 Å². The van der Waals surface area contributed by atoms with Gasteiger partial charge in [-0.1, -0.05) is 15.9 Å². The van der Waals surface area contributed by atoms with E-state index in [1.807, 2.05) is 0 Å². The first kappa shape index (κ1) is 14.4. The maximum atomic E-state index is 5.63. The Morgan fingerprint density at radius 2 is 1.79 bits per heavy atom. The van der Waals surface area contributed by atoms with Gasteiger partial charge in [0.15, 0.2) is 0 Å². The van der Waals surface area contributed by atoms with Crippen molar-refractivity contribution in [3.63, 3.8) is 0 Å². The van der Waals surface area contributed by atoms with Crippen LogP contribution in [-0.4, -0.2) is 44.5 Å². The standard InChI is InChI=1S/C10H21BrO3/c1-10(2,9-11)14-6-4-5-13-8-7-12-3/h4-9H2,1-3H3. The average molecular weight is 269 g/mol. The van der Waals surface area contributed by atoms with E-state index < -0.39 is 0 Å². The number of hydrogen-bond donors (Lipinski definition) is 0. The zero-order chi connectivity index (χ0) is 10.9. The average Bonchev–Trinajstić information content (AvgIpc) is 2.16. The fourth-order valence-corrected chi connectivity index (χ4v) is 0.954. The maximum absolute atomic E-state index is 5.63. The first-order valence-electron chi connectivity index (χ1n) is 4.89. The molecule has 0 aromatic carbocycles. The molecule has 0 N–H and O–H groups in total. The predicted octanol–water partition coefficient (Wildman–Crippen LogP) is 2.23. The van der Waals surface area contributed by atoms with Crippen molar-refractivity contribution < 1.29 is 14.2 Å². The molecule has 0 amide bonds. The lowest BCUT2D eigenvalue weighted by atomic mass is 10.2. The highest BCUT2D eigenvalue weighted by Gasteiger charge is 2.15. The number of methoxy groups -OCH3 is 1. The van der Waals surface area contributed by atoms with Crippen LogP contribution in [0.1, 0.15) is 20.3 Å². The van der Waals surface area contributed by atoms with E-state index in [9.17, 15) is 0 Å². The monoisotopic (exact) mass is 268 g/mol. The van der Waals surface area contributed by atoms with Gasteiger partial charge in [0.1, 0.15) is 0 Å². The SMILES string of the molecule is COCCOCCCOC(C)(C)CBr. The molecule has 0 unspecified atom stereocenters. The van der Waals surface area contributed by atoms with Crippen LogP contribution < -0.4 is 0 Å². The number of rotatable bonds is 9. The molecular weight excluding hydrogens is 248 g/mol. The molecule has 0 fully saturated rings. The molecule has 4 heteroatoms. The molecule has 0 heterocycles. The Morgan fingerprint density at radius 1 is 1.07 bits per heavy atom. The van der Waals surface area contributed by atoms with Gasteiger partial charge in [-0.15, -0.1) is 0 Å². The Morgan fingerprint density at radius 3 is 2.36 bits per heavy atom. The Hall–Kier alpha value is 0.360. The lowest BCUT2D eigenvalue weighted by Gasteiger charge is -2.22. The van der Waals surface area contributed by atoms with Gasteiger partial charge in [0.05, 0.1) is 18.8 Å². The van der Waals surface area contributed by atoms with Crippen molar-refractivity contribution in [3.8, 4) is 0 Å². The Bertz CT molecular complexity index is 129. The molecule has 0 spiro atoms. The minimum atomic E-state index is -0.0769. The van der Waals surface area contributed by atoms with E-state index in [1.54, 1.807) is 7.11 Å². The normalized spacial score (nSPS) is 12.0. The van der Waals surface area contributed by atoms with E-state index in [2.05, 4.69) is 29.8 Å². The molecule has 0 rings (SSSR count). The maximum Gasteiger partial charge on any atom is 0.0722 e. The van der Waals surface area contributed by atoms with E-state index in [1.165, 1.54) is 0 Å². The Labute approximate surface area is 95.2 Å². The van der Waals surface area contributed by atoms with Crippen LogP contribution in [-0.2, 0) is 14.2 Å². The third kappa shape index (κ3) is 8.94. The van der Waals surface area contributed by atoms with E-state index in [0.717, 1.165) is 25.0 Å². The molecule has 3 nitrogen and oxygen atoms in total. The predicted molar refractivity (Wildman–Crippen MR) is 61.1 cm³/mol. The second kappa shape index (κ2) is 8.65. The molecule has 0 aliphatic rings. The van der Waals surface area contributed by atoms with Gasteiger partial charge in [0.25, 0.3) is 0 Å². The largest absolute Gasteiger partial charge is 0.382 e. The molecule has 0 aromatic rings. The second-order valence-corrected chi connectivity index (χ2v) is 4.26. The van der Waals surface area contributed by atoms with Crippen molar-refractivity contribution in [1.82, 2.24) is 0 Å². The molecule has 0 radical (unpaired) electrons. The highest BCUT2D eigenvalue weighted by molar-refractivity contribution is 9.09. The summed E-state index contributed by atoms with van der Waals surface area (Å²) in [5, 5.41) is 0.852. The molecule has 0 bridgehead atoms. The van der Waals surface area contributed by atoms with Gasteiger partial charge in [-0.05, 0) is 20.3 Å². The summed E-state index contributed by atoms with van der Waals surface area (Å²) in [5.74, 6) is 0. The van der Waals surface area contributed by atoms with Crippen LogP contribution in [0.15, 0.2) is 0 Å². The molecule has 0 saturated heterocycles. The van der Waals surface area contributed by atoms with Crippen molar-refractivity contribution in [1.29, 1.82) is 0 Å². The number of halogens is 1. The lowest BCUT2D eigenvalue weighted by molar-refractivity contribution is -0.0129. The Kier molecular flexibility index (Phi) is 8.87. The van der Waals surface area contributed by atoms with Gasteiger partial charge in [-0.3, -0.25) is 0 Å². The minimum absolute atomic E-state index is 0.0769. The fraction of sp³-hybridized carbons (Fsp3) is 1.00. The lowest BCUT2D eigenvalue weighted by Crippen LogP contribution is -2.27. The molecule has 0 aliphatic heterocycles. The number of alkyl halides is 1. The zero-order valence-corrected chi connectivity index (χ0v) is 10.9. The van der Waals surface area contributed by atoms with Gasteiger partial charge in [0.2, 0.25) is 0 Å². The van der Waals surface area contributed by atoms with Crippen molar-refractivity contribution in [2.45, 2.75) is 25.9 Å². The van der Waals surface area contributed by atoms with Crippen molar-refractivity contribution in [2.75, 3.05) is 38.9 Å². The highest BCUT2D eigenvalue weighted by Crippen LogP contribution is 2.12. The van der Waals surface area contributed by atoms with Gasteiger partial charge in [-0.25, -0.2) is 0 Å². The molecular formula is C10H21BrO3. The van der Waals surface area contributed by atoms with Crippen LogP contribution in [0.5, 0.6) is 0 Å². The summed E-state index contributed by atoms with van der Waals surface area (Å²) >= 11 is 3.40. The van der Waals surface area contributed by atoms with Crippen molar-refractivity contribution in [3.05, 3.63) is 0 Å². The van der Waals surface area contributed by atoms with Crippen LogP contribution in [0.3, 0.4) is 0 Å². The third-order valence-corrected chi connectivity index (χ3v) is 3.03. The third-order valence-electron chi connectivity index (χ3n) is 1.68. The van der Waals surface area contributed by atoms with Crippen LogP contribution in [0.4, 0.5) is 0 Å². The summed E-state index contributed by atoms with van der Waals surface area (Å²) in [6, 6.07) is 0. The summed E-state index contributed by atoms with van der Waals surface area (Å²) in [5.41, 5.74) is -0.0769. The summed E-state index contributed by atoms with van der Waals surface area (Å²) < 4.78 is 15.8. The number of ether oxygens (including phenoxy) is 3. The van der Waals surface area contributed by atoms with Crippen LogP contribution in [0.25, 0.3) is 0 Å². The Balaban J connectivity index is 3.13. The van der Waals surface area contributed by atoms with Crippen LogP contribution >= 0.6 is 15.9 Å². The van der Waals surface area contributed by atoms with Crippen LogP contribution in [0.2, 0.25) is 0 Å². The van der Waals surface area contributed by atoms with Crippen LogP contribution in [0, 0.1) is 0 Å². The fourth-order valence-electron chi connectivity index (χ4n) is 0.792. The first-order valence-corrected chi connectivity index (χ1v) is 6.01. The molecule has 14 heavy (non-hydrogen) atoms. The second-order valence-electron chi connectivity index (χ2n) is 3.70. The topological polar surface area (TPSA) is 27.7 Å². The molecule has 86 valence electrons. The van der Waals surface area contributed by atoms with E-state index in [-0.39, 0.29) is 5.60 Å². The molecule has 0 saturated carbocycles.